The fraction of sp³-hybridized carbons (Fsp3) is 0.567. The summed E-state index contributed by atoms with van der Waals surface area (Å²) in [6, 6.07) is 9.84. The number of benzene rings is 2. The Kier molecular flexibility index (Phi) is 9.52. The fourth-order valence-electron chi connectivity index (χ4n) is 5.57. The van der Waals surface area contributed by atoms with E-state index in [2.05, 4.69) is 48.0 Å². The molecule has 2 aliphatic rings. The van der Waals surface area contributed by atoms with Gasteiger partial charge in [-0.2, -0.15) is 0 Å². The van der Waals surface area contributed by atoms with Gasteiger partial charge in [-0.1, -0.05) is 6.07 Å². The van der Waals surface area contributed by atoms with Crippen LogP contribution in [0, 0.1) is 13.8 Å². The van der Waals surface area contributed by atoms with Crippen molar-refractivity contribution in [1.29, 1.82) is 0 Å². The fourth-order valence-corrected chi connectivity index (χ4v) is 5.57. The third-order valence-corrected chi connectivity index (χ3v) is 8.07. The normalized spacial score (nSPS) is 20.9. The maximum Gasteiger partial charge on any atom is 0.251 e. The average molecular weight is 526 g/mol. The molecule has 2 heterocycles. The van der Waals surface area contributed by atoms with Crippen LogP contribution >= 0.6 is 0 Å². The lowest BCUT2D eigenvalue weighted by molar-refractivity contribution is 0.0935. The van der Waals surface area contributed by atoms with Crippen LogP contribution in [0.25, 0.3) is 0 Å². The number of rotatable bonds is 11. The Morgan fingerprint density at radius 3 is 2.45 bits per heavy atom. The van der Waals surface area contributed by atoms with Crippen LogP contribution in [0.3, 0.4) is 0 Å². The van der Waals surface area contributed by atoms with Gasteiger partial charge in [0.1, 0.15) is 17.2 Å². The zero-order valence-electron chi connectivity index (χ0n) is 23.5. The first-order chi connectivity index (χ1) is 18.3. The summed E-state index contributed by atoms with van der Waals surface area (Å²) in [5.74, 6) is 2.03. The number of β-amino-alcohol motifs (C(OH)–C–C–N with tert-alkyl or cyclic N) is 1. The lowest BCUT2D eigenvalue weighted by atomic mass is 9.97. The van der Waals surface area contributed by atoms with Gasteiger partial charge in [-0.25, -0.2) is 0 Å². The second-order valence-electron chi connectivity index (χ2n) is 10.6. The molecule has 2 N–H and O–H groups in total. The molecule has 0 aliphatic carbocycles. The van der Waals surface area contributed by atoms with E-state index in [1.54, 1.807) is 32.4 Å². The maximum atomic E-state index is 12.9. The van der Waals surface area contributed by atoms with E-state index in [-0.39, 0.29) is 24.1 Å². The molecule has 1 amide bonds. The van der Waals surface area contributed by atoms with E-state index in [0.29, 0.717) is 23.7 Å². The topological polar surface area (TPSA) is 83.5 Å². The average Bonchev–Trinajstić information content (AvgIpc) is 3.56. The molecule has 8 nitrogen and oxygen atoms in total. The van der Waals surface area contributed by atoms with Crippen LogP contribution in [0.15, 0.2) is 30.3 Å². The van der Waals surface area contributed by atoms with Gasteiger partial charge in [-0.15, -0.1) is 0 Å². The predicted octanol–water partition coefficient (Wildman–Crippen LogP) is 3.72. The zero-order valence-corrected chi connectivity index (χ0v) is 23.5. The van der Waals surface area contributed by atoms with Crippen molar-refractivity contribution in [2.45, 2.75) is 58.2 Å². The highest BCUT2D eigenvalue weighted by Gasteiger charge is 2.29. The van der Waals surface area contributed by atoms with Gasteiger partial charge >= 0.3 is 0 Å². The van der Waals surface area contributed by atoms with Gasteiger partial charge in [0, 0.05) is 56.4 Å². The molecular weight excluding hydrogens is 482 g/mol. The highest BCUT2D eigenvalue weighted by molar-refractivity contribution is 5.95. The molecule has 0 spiro atoms. The Hall–Kier alpha value is -2.81. The number of aliphatic hydroxyl groups excluding tert-OH is 1. The largest absolute Gasteiger partial charge is 0.497 e. The van der Waals surface area contributed by atoms with Crippen molar-refractivity contribution >= 4 is 5.91 Å². The number of hydrogen-bond donors (Lipinski definition) is 2. The number of ether oxygens (including phenoxy) is 3. The van der Waals surface area contributed by atoms with E-state index < -0.39 is 0 Å². The Bertz CT molecular complexity index is 1090. The van der Waals surface area contributed by atoms with E-state index in [0.717, 1.165) is 57.7 Å². The molecule has 2 aliphatic heterocycles. The second kappa shape index (κ2) is 12.8. The van der Waals surface area contributed by atoms with Crippen molar-refractivity contribution in [2.24, 2.45) is 0 Å². The third kappa shape index (κ3) is 6.79. The van der Waals surface area contributed by atoms with Crippen molar-refractivity contribution in [2.75, 3.05) is 53.6 Å². The van der Waals surface area contributed by atoms with Crippen LogP contribution in [-0.2, 0) is 0 Å². The summed E-state index contributed by atoms with van der Waals surface area (Å²) < 4.78 is 16.7. The highest BCUT2D eigenvalue weighted by Crippen LogP contribution is 2.32. The molecule has 0 saturated carbocycles. The molecule has 2 saturated heterocycles. The van der Waals surface area contributed by atoms with Gasteiger partial charge in [0.2, 0.25) is 0 Å². The molecule has 2 fully saturated rings. The van der Waals surface area contributed by atoms with E-state index in [4.69, 9.17) is 14.2 Å². The van der Waals surface area contributed by atoms with Crippen molar-refractivity contribution in [1.82, 2.24) is 15.1 Å². The van der Waals surface area contributed by atoms with Gasteiger partial charge in [0.05, 0.1) is 26.9 Å². The quantitative estimate of drug-likeness (QED) is 0.433. The Morgan fingerprint density at radius 2 is 1.79 bits per heavy atom. The van der Waals surface area contributed by atoms with Crippen LogP contribution in [0.1, 0.15) is 59.3 Å². The van der Waals surface area contributed by atoms with Gasteiger partial charge < -0.3 is 29.5 Å². The molecule has 8 heteroatoms. The standard InChI is InChI=1S/C30H43N3O5/c1-20-21(2)29(38-14-6-11-32-12-10-25(34)19-32)8-7-28(20)22(3)33-13-9-24(18-33)31-30(35)23-15-26(36-4)17-27(16-23)37-5/h7-8,15-17,22,24-25,34H,6,9-14,18-19H2,1-5H3,(H,31,35). The van der Waals surface area contributed by atoms with Gasteiger partial charge in [-0.05, 0) is 74.9 Å². The minimum Gasteiger partial charge on any atom is -0.497 e. The first-order valence-electron chi connectivity index (χ1n) is 13.7. The summed E-state index contributed by atoms with van der Waals surface area (Å²) in [6.45, 7) is 11.7. The molecule has 0 radical (unpaired) electrons. The number of aliphatic hydroxyl groups is 1. The maximum absolute atomic E-state index is 12.9. The van der Waals surface area contributed by atoms with E-state index in [9.17, 15) is 9.90 Å². The van der Waals surface area contributed by atoms with Gasteiger partial charge in [0.15, 0.2) is 0 Å². The smallest absolute Gasteiger partial charge is 0.251 e. The SMILES string of the molecule is COc1cc(OC)cc(C(=O)NC2CCN(C(C)c3ccc(OCCCN4CCC(O)C4)c(C)c3C)C2)c1. The van der Waals surface area contributed by atoms with Crippen LogP contribution in [-0.4, -0.2) is 86.5 Å². The molecule has 3 unspecified atom stereocenters. The number of hydrogen-bond acceptors (Lipinski definition) is 7. The predicted molar refractivity (Wildman–Crippen MR) is 148 cm³/mol. The van der Waals surface area contributed by atoms with Gasteiger partial charge in [0.25, 0.3) is 5.91 Å². The van der Waals surface area contributed by atoms with Crippen LogP contribution in [0.4, 0.5) is 0 Å². The van der Waals surface area contributed by atoms with Crippen LogP contribution in [0.5, 0.6) is 17.2 Å². The second-order valence-corrected chi connectivity index (χ2v) is 10.6. The van der Waals surface area contributed by atoms with Crippen molar-refractivity contribution in [3.8, 4) is 17.2 Å². The number of carbonyl (C=O) groups excluding carboxylic acids is 1. The van der Waals surface area contributed by atoms with Crippen molar-refractivity contribution in [3.63, 3.8) is 0 Å². The summed E-state index contributed by atoms with van der Waals surface area (Å²) in [5.41, 5.74) is 4.27. The first kappa shape index (κ1) is 28.2. The molecule has 0 aromatic heterocycles. The minimum absolute atomic E-state index is 0.0860. The van der Waals surface area contributed by atoms with Crippen LogP contribution < -0.4 is 19.5 Å². The summed E-state index contributed by atoms with van der Waals surface area (Å²) in [5, 5.41) is 12.9. The molecular formula is C30H43N3O5. The molecule has 2 aromatic carbocycles. The minimum atomic E-state index is -0.172. The molecule has 38 heavy (non-hydrogen) atoms. The van der Waals surface area contributed by atoms with Gasteiger partial charge in [-0.3, -0.25) is 9.69 Å². The number of nitrogens with one attached hydrogen (secondary N) is 1. The third-order valence-electron chi connectivity index (χ3n) is 8.07. The molecule has 4 rings (SSSR count). The Morgan fingerprint density at radius 1 is 1.05 bits per heavy atom. The zero-order chi connectivity index (χ0) is 27.2. The lowest BCUT2D eigenvalue weighted by Gasteiger charge is -2.27. The highest BCUT2D eigenvalue weighted by atomic mass is 16.5. The summed E-state index contributed by atoms with van der Waals surface area (Å²) in [7, 11) is 3.16. The van der Waals surface area contributed by atoms with Crippen molar-refractivity contribution < 1.29 is 24.1 Å². The lowest BCUT2D eigenvalue weighted by Crippen LogP contribution is -2.37. The van der Waals surface area contributed by atoms with E-state index in [1.165, 1.54) is 16.7 Å². The van der Waals surface area contributed by atoms with E-state index in [1.807, 2.05) is 0 Å². The first-order valence-corrected chi connectivity index (χ1v) is 13.7. The number of likely N-dealkylation sites (tertiary alicyclic amines) is 2. The monoisotopic (exact) mass is 525 g/mol. The Labute approximate surface area is 226 Å². The number of carbonyl (C=O) groups is 1. The molecule has 2 aromatic rings. The molecule has 3 atom stereocenters. The molecule has 0 bridgehead atoms. The summed E-state index contributed by atoms with van der Waals surface area (Å²) in [4.78, 5) is 17.7. The van der Waals surface area contributed by atoms with Crippen LogP contribution in [0.2, 0.25) is 0 Å². The number of methoxy groups -OCH3 is 2. The summed E-state index contributed by atoms with van der Waals surface area (Å²) in [6.07, 6.45) is 2.56. The number of nitrogens with zero attached hydrogens (tertiary/aromatic N) is 2. The van der Waals surface area contributed by atoms with E-state index >= 15 is 0 Å². The number of amides is 1. The summed E-state index contributed by atoms with van der Waals surface area (Å²) >= 11 is 0. The molecule has 208 valence electrons. The van der Waals surface area contributed by atoms with Crippen molar-refractivity contribution in [3.05, 3.63) is 52.6 Å². The Balaban J connectivity index is 1.30.